The van der Waals surface area contributed by atoms with Gasteiger partial charge in [-0.2, -0.15) is 0 Å². The molecule has 1 saturated heterocycles. The molecule has 2 atom stereocenters. The van der Waals surface area contributed by atoms with Gasteiger partial charge in [0.25, 0.3) is 0 Å². The van der Waals surface area contributed by atoms with Gasteiger partial charge in [-0.05, 0) is 12.8 Å². The summed E-state index contributed by atoms with van der Waals surface area (Å²) in [6.07, 6.45) is 2.39. The van der Waals surface area contributed by atoms with Crippen LogP contribution >= 0.6 is 0 Å². The molecular weight excluding hydrogens is 218 g/mol. The van der Waals surface area contributed by atoms with Crippen LogP contribution < -0.4 is 5.73 Å². The van der Waals surface area contributed by atoms with Crippen LogP contribution in [0.15, 0.2) is 0 Å². The summed E-state index contributed by atoms with van der Waals surface area (Å²) >= 11 is 0. The van der Waals surface area contributed by atoms with Crippen LogP contribution in [0.3, 0.4) is 0 Å². The molecule has 6 heteroatoms. The average Bonchev–Trinajstić information content (AvgIpc) is 2.17. The Bertz CT molecular complexity index is 272. The fraction of sp³-hybridized carbons (Fsp3) is 1.00. The quantitative estimate of drug-likeness (QED) is 0.701. The van der Waals surface area contributed by atoms with Crippen molar-refractivity contribution in [1.82, 2.24) is 0 Å². The van der Waals surface area contributed by atoms with Gasteiger partial charge in [0.05, 0.1) is 25.9 Å². The molecule has 0 aromatic carbocycles. The van der Waals surface area contributed by atoms with Crippen LogP contribution in [0.5, 0.6) is 0 Å². The normalized spacial score (nSPS) is 25.1. The van der Waals surface area contributed by atoms with Crippen molar-refractivity contribution in [2.24, 2.45) is 5.73 Å². The lowest BCUT2D eigenvalue weighted by molar-refractivity contribution is -0.0976. The molecule has 1 aliphatic heterocycles. The average molecular weight is 237 g/mol. The van der Waals surface area contributed by atoms with Gasteiger partial charge in [-0.25, -0.2) is 8.42 Å². The van der Waals surface area contributed by atoms with Crippen molar-refractivity contribution in [1.29, 1.82) is 0 Å². The molecule has 0 radical (unpaired) electrons. The zero-order chi connectivity index (χ0) is 11.3. The molecule has 0 aromatic heterocycles. The van der Waals surface area contributed by atoms with E-state index in [0.29, 0.717) is 32.7 Å². The summed E-state index contributed by atoms with van der Waals surface area (Å²) in [5.74, 6) is 0.189. The second-order valence-corrected chi connectivity index (χ2v) is 6.18. The molecule has 1 aliphatic rings. The minimum atomic E-state index is -2.88. The molecule has 5 nitrogen and oxygen atoms in total. The van der Waals surface area contributed by atoms with E-state index < -0.39 is 9.84 Å². The Hall–Kier alpha value is -0.170. The molecule has 0 amide bonds. The predicted octanol–water partition coefficient (Wildman–Crippen LogP) is -0.446. The SMILES string of the molecule is CS(=O)(=O)CCCC(N)C1COCCO1. The van der Waals surface area contributed by atoms with Gasteiger partial charge in [0.2, 0.25) is 0 Å². The van der Waals surface area contributed by atoms with E-state index in [9.17, 15) is 8.42 Å². The number of rotatable bonds is 5. The summed E-state index contributed by atoms with van der Waals surface area (Å²) in [7, 11) is -2.88. The minimum absolute atomic E-state index is 0.0849. The van der Waals surface area contributed by atoms with Gasteiger partial charge < -0.3 is 15.2 Å². The molecule has 0 spiro atoms. The Labute approximate surface area is 90.8 Å². The summed E-state index contributed by atoms with van der Waals surface area (Å²) in [5, 5.41) is 0. The first-order chi connectivity index (χ1) is 6.99. The molecule has 1 heterocycles. The van der Waals surface area contributed by atoms with E-state index >= 15 is 0 Å². The predicted molar refractivity (Wildman–Crippen MR) is 57.5 cm³/mol. The van der Waals surface area contributed by atoms with Crippen LogP contribution in [0, 0.1) is 0 Å². The number of nitrogens with two attached hydrogens (primary N) is 1. The maximum absolute atomic E-state index is 10.9. The zero-order valence-electron chi connectivity index (χ0n) is 9.02. The van der Waals surface area contributed by atoms with Crippen molar-refractivity contribution in [2.45, 2.75) is 25.0 Å². The fourth-order valence-corrected chi connectivity index (χ4v) is 2.21. The second kappa shape index (κ2) is 5.79. The summed E-state index contributed by atoms with van der Waals surface area (Å²) < 4.78 is 32.4. The lowest BCUT2D eigenvalue weighted by Gasteiger charge is -2.27. The van der Waals surface area contributed by atoms with Gasteiger partial charge in [-0.1, -0.05) is 0 Å². The van der Waals surface area contributed by atoms with E-state index in [2.05, 4.69) is 0 Å². The van der Waals surface area contributed by atoms with Crippen LogP contribution in [-0.2, 0) is 19.3 Å². The van der Waals surface area contributed by atoms with Crippen LogP contribution in [0.1, 0.15) is 12.8 Å². The topological polar surface area (TPSA) is 78.6 Å². The summed E-state index contributed by atoms with van der Waals surface area (Å²) in [6.45, 7) is 1.71. The molecule has 1 rings (SSSR count). The standard InChI is InChI=1S/C9H19NO4S/c1-15(11,12)6-2-3-8(10)9-7-13-4-5-14-9/h8-9H,2-7,10H2,1H3. The highest BCUT2D eigenvalue weighted by Crippen LogP contribution is 2.09. The monoisotopic (exact) mass is 237 g/mol. The molecular formula is C9H19NO4S. The van der Waals surface area contributed by atoms with E-state index in [-0.39, 0.29) is 17.9 Å². The van der Waals surface area contributed by atoms with E-state index in [1.807, 2.05) is 0 Å². The third-order valence-corrected chi connectivity index (χ3v) is 3.40. The molecule has 15 heavy (non-hydrogen) atoms. The van der Waals surface area contributed by atoms with E-state index in [4.69, 9.17) is 15.2 Å². The van der Waals surface area contributed by atoms with Crippen LogP contribution in [0.4, 0.5) is 0 Å². The van der Waals surface area contributed by atoms with Crippen LogP contribution in [-0.4, -0.2) is 52.4 Å². The van der Waals surface area contributed by atoms with E-state index in [0.717, 1.165) is 0 Å². The highest BCUT2D eigenvalue weighted by Gasteiger charge is 2.21. The molecule has 0 aliphatic carbocycles. The van der Waals surface area contributed by atoms with Crippen molar-refractivity contribution in [3.8, 4) is 0 Å². The maximum Gasteiger partial charge on any atom is 0.147 e. The van der Waals surface area contributed by atoms with Gasteiger partial charge in [-0.15, -0.1) is 0 Å². The molecule has 1 fully saturated rings. The summed E-state index contributed by atoms with van der Waals surface area (Å²) in [4.78, 5) is 0. The molecule has 0 bridgehead atoms. The Morgan fingerprint density at radius 3 is 2.73 bits per heavy atom. The zero-order valence-corrected chi connectivity index (χ0v) is 9.83. The van der Waals surface area contributed by atoms with Crippen molar-refractivity contribution in [3.63, 3.8) is 0 Å². The second-order valence-electron chi connectivity index (χ2n) is 3.92. The number of sulfone groups is 1. The van der Waals surface area contributed by atoms with Gasteiger partial charge in [-0.3, -0.25) is 0 Å². The Balaban J connectivity index is 2.20. The van der Waals surface area contributed by atoms with Crippen molar-refractivity contribution in [3.05, 3.63) is 0 Å². The summed E-state index contributed by atoms with van der Waals surface area (Å²) in [5.41, 5.74) is 5.88. The maximum atomic E-state index is 10.9. The van der Waals surface area contributed by atoms with Crippen LogP contribution in [0.25, 0.3) is 0 Å². The number of hydrogen-bond acceptors (Lipinski definition) is 5. The van der Waals surface area contributed by atoms with Gasteiger partial charge in [0.1, 0.15) is 9.84 Å². The third-order valence-electron chi connectivity index (χ3n) is 2.37. The first kappa shape index (κ1) is 12.9. The van der Waals surface area contributed by atoms with E-state index in [1.54, 1.807) is 0 Å². The first-order valence-corrected chi connectivity index (χ1v) is 7.18. The highest BCUT2D eigenvalue weighted by atomic mass is 32.2. The van der Waals surface area contributed by atoms with Crippen LogP contribution in [0.2, 0.25) is 0 Å². The van der Waals surface area contributed by atoms with Crippen molar-refractivity contribution >= 4 is 9.84 Å². The Kier molecular flexibility index (Phi) is 4.98. The molecule has 0 aromatic rings. The highest BCUT2D eigenvalue weighted by molar-refractivity contribution is 7.90. The lowest BCUT2D eigenvalue weighted by Crippen LogP contribution is -2.43. The van der Waals surface area contributed by atoms with Crippen molar-refractivity contribution in [2.75, 3.05) is 31.8 Å². The minimum Gasteiger partial charge on any atom is -0.376 e. The Morgan fingerprint density at radius 2 is 2.20 bits per heavy atom. The molecule has 90 valence electrons. The molecule has 2 N–H and O–H groups in total. The largest absolute Gasteiger partial charge is 0.376 e. The third kappa shape index (κ3) is 5.46. The fourth-order valence-electron chi connectivity index (χ4n) is 1.52. The van der Waals surface area contributed by atoms with Crippen molar-refractivity contribution < 1.29 is 17.9 Å². The Morgan fingerprint density at radius 1 is 1.47 bits per heavy atom. The number of ether oxygens (including phenoxy) is 2. The van der Waals surface area contributed by atoms with E-state index in [1.165, 1.54) is 6.26 Å². The van der Waals surface area contributed by atoms with Gasteiger partial charge in [0.15, 0.2) is 0 Å². The lowest BCUT2D eigenvalue weighted by atomic mass is 10.1. The summed E-state index contributed by atoms with van der Waals surface area (Å²) in [6, 6.07) is -0.132. The van der Waals surface area contributed by atoms with Gasteiger partial charge in [0, 0.05) is 18.1 Å². The number of hydrogen-bond donors (Lipinski definition) is 1. The van der Waals surface area contributed by atoms with Gasteiger partial charge >= 0.3 is 0 Å². The molecule has 2 unspecified atom stereocenters. The smallest absolute Gasteiger partial charge is 0.147 e. The first-order valence-electron chi connectivity index (χ1n) is 5.12. The molecule has 0 saturated carbocycles.